The van der Waals surface area contributed by atoms with Gasteiger partial charge in [-0.2, -0.15) is 13.2 Å². The van der Waals surface area contributed by atoms with Gasteiger partial charge in [0.1, 0.15) is 17.6 Å². The van der Waals surface area contributed by atoms with E-state index in [-0.39, 0.29) is 0 Å². The van der Waals surface area contributed by atoms with Crippen molar-refractivity contribution in [1.82, 2.24) is 5.32 Å². The molecule has 204 valence electrons. The summed E-state index contributed by atoms with van der Waals surface area (Å²) in [5.41, 5.74) is 3.79. The van der Waals surface area contributed by atoms with Crippen molar-refractivity contribution in [2.45, 2.75) is 77.8 Å². The fourth-order valence-corrected chi connectivity index (χ4v) is 4.72. The van der Waals surface area contributed by atoms with Crippen LogP contribution in [0.2, 0.25) is 0 Å². The van der Waals surface area contributed by atoms with Gasteiger partial charge in [0.25, 0.3) is 0 Å². The fraction of sp³-hybridized carbons (Fsp3) is 0.483. The second-order valence-corrected chi connectivity index (χ2v) is 9.57. The first-order chi connectivity index (χ1) is 17.3. The minimum atomic E-state index is -4.99. The molecule has 3 atom stereocenters. The zero-order valence-electron chi connectivity index (χ0n) is 22.7. The molecule has 0 aliphatic heterocycles. The Morgan fingerprint density at radius 2 is 1.59 bits per heavy atom. The molecule has 0 saturated heterocycles. The van der Waals surface area contributed by atoms with Crippen molar-refractivity contribution >= 4 is 5.91 Å². The van der Waals surface area contributed by atoms with Crippen LogP contribution in [0.15, 0.2) is 43.0 Å². The number of nitrogens with one attached hydrogen (secondary N) is 1. The van der Waals surface area contributed by atoms with Gasteiger partial charge in [-0.15, -0.1) is 6.58 Å². The first kappa shape index (κ1) is 30.2. The Labute approximate surface area is 218 Å². The number of hydrogen-bond acceptors (Lipinski definition) is 4. The van der Waals surface area contributed by atoms with Crippen LogP contribution < -0.4 is 14.8 Å². The van der Waals surface area contributed by atoms with Gasteiger partial charge in [0, 0.05) is 5.56 Å². The lowest BCUT2D eigenvalue weighted by Gasteiger charge is -2.37. The van der Waals surface area contributed by atoms with E-state index in [4.69, 9.17) is 14.2 Å². The molecule has 0 saturated carbocycles. The third-order valence-electron chi connectivity index (χ3n) is 6.81. The molecule has 0 bridgehead atoms. The van der Waals surface area contributed by atoms with Crippen LogP contribution in [0.3, 0.4) is 0 Å². The minimum absolute atomic E-state index is 0.444. The van der Waals surface area contributed by atoms with E-state index in [1.54, 1.807) is 44.6 Å². The molecule has 2 aromatic rings. The van der Waals surface area contributed by atoms with Gasteiger partial charge >= 0.3 is 12.1 Å². The second kappa shape index (κ2) is 12.5. The molecule has 37 heavy (non-hydrogen) atoms. The van der Waals surface area contributed by atoms with Crippen molar-refractivity contribution in [3.05, 3.63) is 70.8 Å². The Balaban J connectivity index is 2.43. The maximum atomic E-state index is 13.0. The molecule has 0 aliphatic rings. The monoisotopic (exact) mass is 521 g/mol. The molecule has 0 aromatic heterocycles. The van der Waals surface area contributed by atoms with Crippen LogP contribution >= 0.6 is 0 Å². The Morgan fingerprint density at radius 3 is 2.11 bits per heavy atom. The topological polar surface area (TPSA) is 56.8 Å². The molecule has 0 radical (unpaired) electrons. The minimum Gasteiger partial charge on any atom is -0.496 e. The van der Waals surface area contributed by atoms with Crippen molar-refractivity contribution < 1.29 is 32.2 Å². The number of alkyl halides is 3. The molecule has 0 heterocycles. The molecule has 5 nitrogen and oxygen atoms in total. The van der Waals surface area contributed by atoms with E-state index in [0.717, 1.165) is 33.8 Å². The Bertz CT molecular complexity index is 1090. The molecule has 2 aromatic carbocycles. The molecule has 1 amide bonds. The Hall–Kier alpha value is -3.00. The summed E-state index contributed by atoms with van der Waals surface area (Å²) >= 11 is 0. The first-order valence-electron chi connectivity index (χ1n) is 12.2. The van der Waals surface area contributed by atoms with Crippen molar-refractivity contribution in [1.29, 1.82) is 0 Å². The number of halogens is 3. The summed E-state index contributed by atoms with van der Waals surface area (Å²) in [6.07, 6.45) is -2.55. The van der Waals surface area contributed by atoms with Gasteiger partial charge in [-0.25, -0.2) is 0 Å². The summed E-state index contributed by atoms with van der Waals surface area (Å²) in [6, 6.07) is 7.98. The van der Waals surface area contributed by atoms with Crippen molar-refractivity contribution in [3.63, 3.8) is 0 Å². The van der Waals surface area contributed by atoms with E-state index in [9.17, 15) is 18.0 Å². The van der Waals surface area contributed by atoms with Gasteiger partial charge in [-0.05, 0) is 76.1 Å². The average molecular weight is 522 g/mol. The summed E-state index contributed by atoms with van der Waals surface area (Å²) in [4.78, 5) is 11.7. The SMILES string of the molecule is C=CC[C@](C)(CCc1c(C)c(OC)c(C)c(C)c1OC)O[C@H](c1ccccc1)[C@@H](C)NC(=O)C(F)(F)F. The van der Waals surface area contributed by atoms with Gasteiger partial charge in [0.05, 0.1) is 25.9 Å². The number of hydrogen-bond donors (Lipinski definition) is 1. The molecule has 8 heteroatoms. The van der Waals surface area contributed by atoms with Crippen molar-refractivity contribution in [3.8, 4) is 11.5 Å². The Kier molecular flexibility index (Phi) is 10.2. The normalized spacial score (nSPS) is 14.9. The summed E-state index contributed by atoms with van der Waals surface area (Å²) in [5, 5.41) is 2.06. The lowest BCUT2D eigenvalue weighted by atomic mass is 9.88. The summed E-state index contributed by atoms with van der Waals surface area (Å²) in [5.74, 6) is -0.426. The van der Waals surface area contributed by atoms with E-state index in [1.165, 1.54) is 6.92 Å². The lowest BCUT2D eigenvalue weighted by molar-refractivity contribution is -0.176. The number of amides is 1. The van der Waals surface area contributed by atoms with Crippen molar-refractivity contribution in [2.24, 2.45) is 0 Å². The van der Waals surface area contributed by atoms with E-state index >= 15 is 0 Å². The highest BCUT2D eigenvalue weighted by atomic mass is 19.4. The number of rotatable bonds is 12. The Morgan fingerprint density at radius 1 is 1.03 bits per heavy atom. The van der Waals surface area contributed by atoms with Crippen LogP contribution in [0.5, 0.6) is 11.5 Å². The summed E-state index contributed by atoms with van der Waals surface area (Å²) in [7, 11) is 3.27. The van der Waals surface area contributed by atoms with Crippen LogP contribution in [0.4, 0.5) is 13.2 Å². The van der Waals surface area contributed by atoms with Gasteiger partial charge in [0.15, 0.2) is 0 Å². The molecular weight excluding hydrogens is 483 g/mol. The summed E-state index contributed by atoms with van der Waals surface area (Å²) < 4.78 is 56.9. The highest BCUT2D eigenvalue weighted by molar-refractivity contribution is 5.82. The smallest absolute Gasteiger partial charge is 0.471 e. The molecule has 0 aliphatic carbocycles. The van der Waals surface area contributed by atoms with Crippen LogP contribution in [0.25, 0.3) is 0 Å². The predicted molar refractivity (Wildman–Crippen MR) is 139 cm³/mol. The summed E-state index contributed by atoms with van der Waals surface area (Å²) in [6.45, 7) is 13.2. The largest absolute Gasteiger partial charge is 0.496 e. The molecule has 0 unspecified atom stereocenters. The maximum Gasteiger partial charge on any atom is 0.471 e. The second-order valence-electron chi connectivity index (χ2n) is 9.57. The van der Waals surface area contributed by atoms with Crippen LogP contribution in [0, 0.1) is 20.8 Å². The third kappa shape index (κ3) is 7.28. The van der Waals surface area contributed by atoms with Gasteiger partial charge in [0.2, 0.25) is 0 Å². The number of methoxy groups -OCH3 is 2. The highest BCUT2D eigenvalue weighted by Crippen LogP contribution is 2.40. The molecular formula is C29H38F3NO4. The molecule has 0 spiro atoms. The molecule has 0 fully saturated rings. The zero-order chi connectivity index (χ0) is 28.0. The number of ether oxygens (including phenoxy) is 3. The van der Waals surface area contributed by atoms with Gasteiger partial charge < -0.3 is 19.5 Å². The number of benzene rings is 2. The quantitative estimate of drug-likeness (QED) is 0.315. The van der Waals surface area contributed by atoms with Crippen LogP contribution in [-0.4, -0.2) is 37.9 Å². The van der Waals surface area contributed by atoms with E-state index in [2.05, 4.69) is 11.9 Å². The standard InChI is InChI=1S/C29H38F3NO4/c1-9-16-28(6,17-15-23-20(4)24(35-7)18(2)19(3)25(23)36-8)37-26(22-13-11-10-12-14-22)21(5)33-27(34)29(30,31)32/h9-14,21,26H,1,15-17H2,2-8H3,(H,33,34)/t21-,26+,28-/m1/s1. The first-order valence-corrected chi connectivity index (χ1v) is 12.2. The van der Waals surface area contributed by atoms with Crippen LogP contribution in [-0.2, 0) is 16.0 Å². The lowest BCUT2D eigenvalue weighted by Crippen LogP contribution is -2.46. The number of carbonyl (C=O) groups is 1. The third-order valence-corrected chi connectivity index (χ3v) is 6.81. The van der Waals surface area contributed by atoms with E-state index in [0.29, 0.717) is 24.8 Å². The van der Waals surface area contributed by atoms with Gasteiger partial charge in [-0.3, -0.25) is 4.79 Å². The van der Waals surface area contributed by atoms with E-state index < -0.39 is 29.8 Å². The number of carbonyl (C=O) groups excluding carboxylic acids is 1. The highest BCUT2D eigenvalue weighted by Gasteiger charge is 2.41. The fourth-order valence-electron chi connectivity index (χ4n) is 4.72. The van der Waals surface area contributed by atoms with Gasteiger partial charge in [-0.1, -0.05) is 36.4 Å². The maximum absolute atomic E-state index is 13.0. The predicted octanol–water partition coefficient (Wildman–Crippen LogP) is 6.72. The average Bonchev–Trinajstić information content (AvgIpc) is 2.84. The van der Waals surface area contributed by atoms with Crippen molar-refractivity contribution in [2.75, 3.05) is 14.2 Å². The zero-order valence-corrected chi connectivity index (χ0v) is 22.7. The molecule has 2 rings (SSSR count). The van der Waals surface area contributed by atoms with E-state index in [1.807, 2.05) is 33.8 Å². The molecule has 1 N–H and O–H groups in total. The van der Waals surface area contributed by atoms with Crippen LogP contribution in [0.1, 0.15) is 60.6 Å².